The highest BCUT2D eigenvalue weighted by Gasteiger charge is 2.14. The predicted octanol–water partition coefficient (Wildman–Crippen LogP) is 5.25. The van der Waals surface area contributed by atoms with E-state index in [1.807, 2.05) is 36.7 Å². The molecule has 3 rings (SSSR count). The molecule has 0 saturated heterocycles. The summed E-state index contributed by atoms with van der Waals surface area (Å²) in [6, 6.07) is 14.6. The largest absolute Gasteiger partial charge is 0.489 e. The van der Waals surface area contributed by atoms with Gasteiger partial charge in [-0.3, -0.25) is 0 Å². The Labute approximate surface area is 156 Å². The average Bonchev–Trinajstić information content (AvgIpc) is 2.89. The molecule has 0 unspecified atom stereocenters. The summed E-state index contributed by atoms with van der Waals surface area (Å²) in [5, 5.41) is 14.7. The van der Waals surface area contributed by atoms with E-state index in [1.165, 1.54) is 0 Å². The van der Waals surface area contributed by atoms with Gasteiger partial charge in [0.2, 0.25) is 0 Å². The van der Waals surface area contributed by atoms with E-state index < -0.39 is 0 Å². The minimum absolute atomic E-state index is 0.406. The minimum atomic E-state index is 0.406. The molecule has 3 aromatic rings. The lowest BCUT2D eigenvalue weighted by atomic mass is 10.2. The number of benzene rings is 2. The second-order valence-corrected chi connectivity index (χ2v) is 6.42. The molecular weight excluding hydrogens is 357 g/mol. The highest BCUT2D eigenvalue weighted by molar-refractivity contribution is 6.32. The van der Waals surface area contributed by atoms with Gasteiger partial charge in [0.1, 0.15) is 18.4 Å². The van der Waals surface area contributed by atoms with E-state index in [0.717, 1.165) is 28.4 Å². The molecular formula is C19H15Cl2N3O. The van der Waals surface area contributed by atoms with Crippen LogP contribution in [0.15, 0.2) is 42.5 Å². The van der Waals surface area contributed by atoms with Crippen LogP contribution in [0, 0.1) is 25.2 Å². The summed E-state index contributed by atoms with van der Waals surface area (Å²) in [5.74, 6) is 0.748. The second kappa shape index (κ2) is 7.18. The van der Waals surface area contributed by atoms with Gasteiger partial charge in [-0.15, -0.1) is 0 Å². The summed E-state index contributed by atoms with van der Waals surface area (Å²) in [6.45, 7) is 4.32. The molecule has 0 N–H and O–H groups in total. The van der Waals surface area contributed by atoms with Gasteiger partial charge in [0, 0.05) is 16.3 Å². The topological polar surface area (TPSA) is 50.8 Å². The highest BCUT2D eigenvalue weighted by atomic mass is 35.5. The van der Waals surface area contributed by atoms with E-state index in [9.17, 15) is 0 Å². The van der Waals surface area contributed by atoms with Gasteiger partial charge in [-0.2, -0.15) is 10.4 Å². The van der Waals surface area contributed by atoms with Gasteiger partial charge in [-0.25, -0.2) is 4.68 Å². The Balaban J connectivity index is 1.87. The first kappa shape index (κ1) is 17.3. The zero-order chi connectivity index (χ0) is 18.0. The van der Waals surface area contributed by atoms with Gasteiger partial charge < -0.3 is 4.74 Å². The molecule has 25 heavy (non-hydrogen) atoms. The van der Waals surface area contributed by atoms with Crippen molar-refractivity contribution in [2.45, 2.75) is 20.5 Å². The van der Waals surface area contributed by atoms with Crippen LogP contribution in [-0.2, 0) is 6.61 Å². The third kappa shape index (κ3) is 3.63. The standard InChI is InChI=1S/C19H15Cl2N3O/c1-12-18(11-25-17-7-4-15(20)5-8-17)13(2)24(23-12)16-6-3-14(10-22)19(21)9-16/h3-9H,11H2,1-2H3. The molecule has 0 atom stereocenters. The molecule has 1 heterocycles. The minimum Gasteiger partial charge on any atom is -0.489 e. The summed E-state index contributed by atoms with van der Waals surface area (Å²) in [5.41, 5.74) is 4.11. The predicted molar refractivity (Wildman–Crippen MR) is 98.5 cm³/mol. The number of nitrogens with zero attached hydrogens (tertiary/aromatic N) is 3. The van der Waals surface area contributed by atoms with Gasteiger partial charge in [-0.05, 0) is 56.3 Å². The van der Waals surface area contributed by atoms with E-state index in [4.69, 9.17) is 33.2 Å². The monoisotopic (exact) mass is 371 g/mol. The zero-order valence-corrected chi connectivity index (χ0v) is 15.3. The molecule has 0 spiro atoms. The Hall–Kier alpha value is -2.48. The van der Waals surface area contributed by atoms with Gasteiger partial charge in [-0.1, -0.05) is 23.2 Å². The fourth-order valence-electron chi connectivity index (χ4n) is 2.55. The van der Waals surface area contributed by atoms with E-state index >= 15 is 0 Å². The van der Waals surface area contributed by atoms with Crippen LogP contribution in [0.25, 0.3) is 5.69 Å². The average molecular weight is 372 g/mol. The lowest BCUT2D eigenvalue weighted by Gasteiger charge is -2.08. The fraction of sp³-hybridized carbons (Fsp3) is 0.158. The maximum Gasteiger partial charge on any atom is 0.119 e. The van der Waals surface area contributed by atoms with Crippen LogP contribution in [0.1, 0.15) is 22.5 Å². The van der Waals surface area contributed by atoms with Crippen molar-refractivity contribution in [1.29, 1.82) is 5.26 Å². The number of rotatable bonds is 4. The molecule has 0 aliphatic heterocycles. The van der Waals surface area contributed by atoms with E-state index in [0.29, 0.717) is 22.2 Å². The maximum atomic E-state index is 9.00. The summed E-state index contributed by atoms with van der Waals surface area (Å²) < 4.78 is 7.65. The Morgan fingerprint density at radius 2 is 1.84 bits per heavy atom. The SMILES string of the molecule is Cc1nn(-c2ccc(C#N)c(Cl)c2)c(C)c1COc1ccc(Cl)cc1. The van der Waals surface area contributed by atoms with Crippen molar-refractivity contribution in [3.05, 3.63) is 75.0 Å². The van der Waals surface area contributed by atoms with Gasteiger partial charge in [0.25, 0.3) is 0 Å². The molecule has 0 fully saturated rings. The number of hydrogen-bond acceptors (Lipinski definition) is 3. The molecule has 0 radical (unpaired) electrons. The first-order chi connectivity index (χ1) is 12.0. The van der Waals surface area contributed by atoms with Crippen LogP contribution in [0.5, 0.6) is 5.75 Å². The quantitative estimate of drug-likeness (QED) is 0.629. The summed E-state index contributed by atoms with van der Waals surface area (Å²) in [4.78, 5) is 0. The molecule has 6 heteroatoms. The molecule has 0 amide bonds. The van der Waals surface area contributed by atoms with Crippen molar-refractivity contribution >= 4 is 23.2 Å². The van der Waals surface area contributed by atoms with Crippen LogP contribution in [0.2, 0.25) is 10.0 Å². The molecule has 0 aliphatic carbocycles. The number of nitriles is 1. The van der Waals surface area contributed by atoms with Crippen LogP contribution < -0.4 is 4.74 Å². The van der Waals surface area contributed by atoms with E-state index in [2.05, 4.69) is 11.2 Å². The molecule has 2 aromatic carbocycles. The maximum absolute atomic E-state index is 9.00. The number of hydrogen-bond donors (Lipinski definition) is 0. The third-order valence-corrected chi connectivity index (χ3v) is 4.52. The van der Waals surface area contributed by atoms with E-state index in [1.54, 1.807) is 24.3 Å². The zero-order valence-electron chi connectivity index (χ0n) is 13.8. The summed E-state index contributed by atoms with van der Waals surface area (Å²) >= 11 is 12.0. The Morgan fingerprint density at radius 1 is 1.12 bits per heavy atom. The number of aromatic nitrogens is 2. The van der Waals surface area contributed by atoms with Crippen molar-refractivity contribution in [3.63, 3.8) is 0 Å². The number of halogens is 2. The first-order valence-electron chi connectivity index (χ1n) is 7.63. The molecule has 0 aliphatic rings. The van der Waals surface area contributed by atoms with Crippen molar-refractivity contribution in [2.75, 3.05) is 0 Å². The highest BCUT2D eigenvalue weighted by Crippen LogP contribution is 2.24. The van der Waals surface area contributed by atoms with Crippen molar-refractivity contribution in [3.8, 4) is 17.5 Å². The Kier molecular flexibility index (Phi) is 4.98. The number of ether oxygens (including phenoxy) is 1. The summed E-state index contributed by atoms with van der Waals surface area (Å²) in [6.07, 6.45) is 0. The fourth-order valence-corrected chi connectivity index (χ4v) is 2.89. The van der Waals surface area contributed by atoms with Crippen LogP contribution in [0.3, 0.4) is 0 Å². The molecule has 0 saturated carbocycles. The van der Waals surface area contributed by atoms with Gasteiger partial charge >= 0.3 is 0 Å². The van der Waals surface area contributed by atoms with Crippen molar-refractivity contribution < 1.29 is 4.74 Å². The van der Waals surface area contributed by atoms with Crippen LogP contribution >= 0.6 is 23.2 Å². The normalized spacial score (nSPS) is 10.5. The summed E-state index contributed by atoms with van der Waals surface area (Å²) in [7, 11) is 0. The molecule has 0 bridgehead atoms. The van der Waals surface area contributed by atoms with E-state index in [-0.39, 0.29) is 0 Å². The van der Waals surface area contributed by atoms with Crippen molar-refractivity contribution in [1.82, 2.24) is 9.78 Å². The lowest BCUT2D eigenvalue weighted by Crippen LogP contribution is -2.01. The second-order valence-electron chi connectivity index (χ2n) is 5.58. The molecule has 4 nitrogen and oxygen atoms in total. The van der Waals surface area contributed by atoms with Crippen LogP contribution in [-0.4, -0.2) is 9.78 Å². The van der Waals surface area contributed by atoms with Gasteiger partial charge in [0.05, 0.1) is 22.0 Å². The Bertz CT molecular complexity index is 956. The molecule has 1 aromatic heterocycles. The third-order valence-electron chi connectivity index (χ3n) is 3.96. The van der Waals surface area contributed by atoms with Gasteiger partial charge in [0.15, 0.2) is 0 Å². The molecule has 126 valence electrons. The van der Waals surface area contributed by atoms with Crippen LogP contribution in [0.4, 0.5) is 0 Å². The first-order valence-corrected chi connectivity index (χ1v) is 8.38. The number of aryl methyl sites for hydroxylation is 1. The smallest absolute Gasteiger partial charge is 0.119 e. The lowest BCUT2D eigenvalue weighted by molar-refractivity contribution is 0.304. The Morgan fingerprint density at radius 3 is 2.48 bits per heavy atom. The van der Waals surface area contributed by atoms with Crippen molar-refractivity contribution in [2.24, 2.45) is 0 Å².